The van der Waals surface area contributed by atoms with E-state index in [2.05, 4.69) is 39.8 Å². The van der Waals surface area contributed by atoms with Crippen LogP contribution in [0.3, 0.4) is 0 Å². The zero-order valence-corrected chi connectivity index (χ0v) is 19.6. The second-order valence-electron chi connectivity index (χ2n) is 10.9. The van der Waals surface area contributed by atoms with Crippen molar-refractivity contribution in [3.63, 3.8) is 0 Å². The van der Waals surface area contributed by atoms with Gasteiger partial charge in [0, 0.05) is 28.7 Å². The average Bonchev–Trinajstić information content (AvgIpc) is 3.18. The summed E-state index contributed by atoms with van der Waals surface area (Å²) in [4.78, 5) is 2.70. The van der Waals surface area contributed by atoms with Gasteiger partial charge in [0.25, 0.3) is 0 Å². The molecule has 2 N–H and O–H groups in total. The van der Waals surface area contributed by atoms with Crippen LogP contribution in [0.15, 0.2) is 46.0 Å². The summed E-state index contributed by atoms with van der Waals surface area (Å²) >= 11 is 0. The van der Waals surface area contributed by atoms with E-state index < -0.39 is 0 Å². The molecule has 33 heavy (non-hydrogen) atoms. The van der Waals surface area contributed by atoms with E-state index >= 15 is 0 Å². The van der Waals surface area contributed by atoms with Crippen molar-refractivity contribution in [1.29, 1.82) is 10.5 Å². The molecule has 0 bridgehead atoms. The van der Waals surface area contributed by atoms with Crippen LogP contribution in [0.25, 0.3) is 0 Å². The summed E-state index contributed by atoms with van der Waals surface area (Å²) < 4.78 is 0. The molecule has 2 saturated carbocycles. The standard InChI is InChI=1S/C28H35N5/c29-17-20(18-30)24-15-23(31-22-10-2-1-3-11-22)16-26-27(24)32-28-13-7-6-9-21(28)14-19-8-4-5-12-25(19)33(26)28/h15-16,21-22,27,31-32H,1-14H2/t21-,27-,28-/m1/s1. The maximum atomic E-state index is 9.83. The summed E-state index contributed by atoms with van der Waals surface area (Å²) in [7, 11) is 0. The Morgan fingerprint density at radius 3 is 2.58 bits per heavy atom. The van der Waals surface area contributed by atoms with Crippen molar-refractivity contribution in [3.05, 3.63) is 46.0 Å². The van der Waals surface area contributed by atoms with Gasteiger partial charge in [-0.3, -0.25) is 5.32 Å². The molecule has 1 saturated heterocycles. The predicted octanol–water partition coefficient (Wildman–Crippen LogP) is 5.43. The summed E-state index contributed by atoms with van der Waals surface area (Å²) in [6.45, 7) is 0. The van der Waals surface area contributed by atoms with Gasteiger partial charge in [0.15, 0.2) is 0 Å². The number of allylic oxidation sites excluding steroid dienone is 4. The molecule has 6 rings (SSSR count). The van der Waals surface area contributed by atoms with E-state index in [1.165, 1.54) is 82.7 Å². The third-order valence-electron chi connectivity index (χ3n) is 9.11. The fraction of sp³-hybridized carbons (Fsp3) is 0.643. The molecule has 2 aliphatic heterocycles. The minimum atomic E-state index is -0.0643. The molecule has 0 aromatic carbocycles. The van der Waals surface area contributed by atoms with E-state index in [1.807, 2.05) is 0 Å². The monoisotopic (exact) mass is 441 g/mol. The number of hydrogen-bond donors (Lipinski definition) is 2. The summed E-state index contributed by atoms with van der Waals surface area (Å²) in [5, 5.41) is 27.5. The van der Waals surface area contributed by atoms with Crippen LogP contribution in [0.2, 0.25) is 0 Å². The molecule has 5 heteroatoms. The molecule has 172 valence electrons. The van der Waals surface area contributed by atoms with Gasteiger partial charge in [-0.2, -0.15) is 10.5 Å². The largest absolute Gasteiger partial charge is 0.382 e. The summed E-state index contributed by atoms with van der Waals surface area (Å²) in [6, 6.07) is 4.85. The number of nitriles is 2. The van der Waals surface area contributed by atoms with Crippen molar-refractivity contribution in [2.24, 2.45) is 5.92 Å². The van der Waals surface area contributed by atoms with Crippen LogP contribution in [0.4, 0.5) is 0 Å². The zero-order valence-electron chi connectivity index (χ0n) is 19.6. The van der Waals surface area contributed by atoms with Gasteiger partial charge in [0.05, 0.1) is 11.7 Å². The van der Waals surface area contributed by atoms with Crippen LogP contribution in [0, 0.1) is 28.6 Å². The van der Waals surface area contributed by atoms with Crippen LogP contribution >= 0.6 is 0 Å². The van der Waals surface area contributed by atoms with E-state index in [9.17, 15) is 10.5 Å². The number of hydrogen-bond acceptors (Lipinski definition) is 5. The molecular formula is C28H35N5. The number of nitrogens with zero attached hydrogens (tertiary/aromatic N) is 3. The van der Waals surface area contributed by atoms with Gasteiger partial charge in [-0.1, -0.05) is 31.3 Å². The van der Waals surface area contributed by atoms with Gasteiger partial charge in [0.1, 0.15) is 17.7 Å². The Morgan fingerprint density at radius 1 is 0.970 bits per heavy atom. The molecular weight excluding hydrogens is 406 g/mol. The van der Waals surface area contributed by atoms with Gasteiger partial charge >= 0.3 is 0 Å². The van der Waals surface area contributed by atoms with E-state index in [0.29, 0.717) is 12.0 Å². The van der Waals surface area contributed by atoms with Crippen molar-refractivity contribution < 1.29 is 0 Å². The van der Waals surface area contributed by atoms with Gasteiger partial charge in [0.2, 0.25) is 0 Å². The van der Waals surface area contributed by atoms with Crippen molar-refractivity contribution >= 4 is 0 Å². The van der Waals surface area contributed by atoms with Crippen LogP contribution in [0.5, 0.6) is 0 Å². The van der Waals surface area contributed by atoms with Crippen LogP contribution in [-0.2, 0) is 0 Å². The molecule has 3 fully saturated rings. The Hall–Kier alpha value is -2.50. The zero-order chi connectivity index (χ0) is 22.4. The second-order valence-corrected chi connectivity index (χ2v) is 10.9. The third kappa shape index (κ3) is 3.36. The molecule has 2 heterocycles. The lowest BCUT2D eigenvalue weighted by atomic mass is 9.70. The topological polar surface area (TPSA) is 74.9 Å². The molecule has 0 unspecified atom stereocenters. The Balaban J connectivity index is 1.47. The highest BCUT2D eigenvalue weighted by molar-refractivity contribution is 5.58. The normalized spacial score (nSPS) is 33.5. The molecule has 4 aliphatic carbocycles. The van der Waals surface area contributed by atoms with Crippen molar-refractivity contribution in [1.82, 2.24) is 15.5 Å². The SMILES string of the molecule is N#CC(C#N)=C1C=C(NC2CCCCC2)C=C2[C@@H]1N[C@@]13CCCC[C@@H]1CC1=C(CCCC1)N23. The molecule has 0 radical (unpaired) electrons. The van der Waals surface area contributed by atoms with Crippen molar-refractivity contribution in [2.75, 3.05) is 0 Å². The van der Waals surface area contributed by atoms with Gasteiger partial charge in [-0.15, -0.1) is 0 Å². The predicted molar refractivity (Wildman–Crippen MR) is 128 cm³/mol. The van der Waals surface area contributed by atoms with Gasteiger partial charge in [-0.05, 0) is 82.3 Å². The molecule has 0 amide bonds. The van der Waals surface area contributed by atoms with E-state index in [-0.39, 0.29) is 17.3 Å². The summed E-state index contributed by atoms with van der Waals surface area (Å²) in [5.41, 5.74) is 6.64. The average molecular weight is 442 g/mol. The minimum Gasteiger partial charge on any atom is -0.382 e. The minimum absolute atomic E-state index is 0.0552. The van der Waals surface area contributed by atoms with Crippen molar-refractivity contribution in [2.45, 2.75) is 108 Å². The maximum Gasteiger partial charge on any atom is 0.134 e. The lowest BCUT2D eigenvalue weighted by Crippen LogP contribution is -2.60. The fourth-order valence-electron chi connectivity index (χ4n) is 7.64. The Labute approximate surface area is 197 Å². The summed E-state index contributed by atoms with van der Waals surface area (Å²) in [6.07, 6.45) is 21.9. The Bertz CT molecular complexity index is 1030. The molecule has 5 nitrogen and oxygen atoms in total. The quantitative estimate of drug-likeness (QED) is 0.559. The highest BCUT2D eigenvalue weighted by atomic mass is 15.4. The van der Waals surface area contributed by atoms with Crippen molar-refractivity contribution in [3.8, 4) is 12.1 Å². The molecule has 3 atom stereocenters. The first kappa shape index (κ1) is 21.1. The second kappa shape index (κ2) is 8.37. The number of nitrogens with one attached hydrogen (secondary N) is 2. The van der Waals surface area contributed by atoms with Crippen LogP contribution < -0.4 is 10.6 Å². The highest BCUT2D eigenvalue weighted by Gasteiger charge is 2.58. The molecule has 0 aromatic rings. The first-order valence-corrected chi connectivity index (χ1v) is 13.3. The van der Waals surface area contributed by atoms with E-state index in [0.717, 1.165) is 24.1 Å². The lowest BCUT2D eigenvalue weighted by Gasteiger charge is -2.54. The van der Waals surface area contributed by atoms with Gasteiger partial charge in [-0.25, -0.2) is 0 Å². The fourth-order valence-corrected chi connectivity index (χ4v) is 7.64. The third-order valence-corrected chi connectivity index (χ3v) is 9.11. The first-order valence-electron chi connectivity index (χ1n) is 13.3. The van der Waals surface area contributed by atoms with Gasteiger partial charge < -0.3 is 10.2 Å². The first-order chi connectivity index (χ1) is 16.2. The molecule has 6 aliphatic rings. The summed E-state index contributed by atoms with van der Waals surface area (Å²) in [5.74, 6) is 0.609. The van der Waals surface area contributed by atoms with E-state index in [1.54, 1.807) is 11.3 Å². The van der Waals surface area contributed by atoms with E-state index in [4.69, 9.17) is 0 Å². The number of rotatable bonds is 2. The van der Waals surface area contributed by atoms with Crippen LogP contribution in [-0.4, -0.2) is 22.6 Å². The number of fused-ring (bicyclic) bond motifs is 3. The smallest absolute Gasteiger partial charge is 0.134 e. The highest BCUT2D eigenvalue weighted by Crippen LogP contribution is 2.55. The van der Waals surface area contributed by atoms with Crippen LogP contribution in [0.1, 0.15) is 89.9 Å². The Kier molecular flexibility index (Phi) is 5.34. The lowest BCUT2D eigenvalue weighted by molar-refractivity contribution is 0.0304. The molecule has 0 aromatic heterocycles. The molecule has 1 spiro atoms. The maximum absolute atomic E-state index is 9.83. The Morgan fingerprint density at radius 2 is 1.76 bits per heavy atom.